The normalized spacial score (nSPS) is 26.8. The Morgan fingerprint density at radius 3 is 2.94 bits per heavy atom. The lowest BCUT2D eigenvalue weighted by molar-refractivity contribution is 0.172. The fourth-order valence-corrected chi connectivity index (χ4v) is 3.57. The number of halogens is 1. The van der Waals surface area contributed by atoms with Crippen LogP contribution in [0.1, 0.15) is 24.8 Å². The zero-order chi connectivity index (χ0) is 12.5. The fourth-order valence-electron chi connectivity index (χ4n) is 3.35. The summed E-state index contributed by atoms with van der Waals surface area (Å²) in [7, 11) is 0. The molecular formula is C15H20ClNO. The van der Waals surface area contributed by atoms with Crippen molar-refractivity contribution in [3.05, 3.63) is 28.8 Å². The van der Waals surface area contributed by atoms with Gasteiger partial charge in [0.25, 0.3) is 0 Å². The number of hydrogen-bond donors (Lipinski definition) is 0. The molecule has 2 aliphatic rings. The molecule has 3 heteroatoms. The van der Waals surface area contributed by atoms with Crippen LogP contribution in [0.15, 0.2) is 18.2 Å². The first kappa shape index (κ1) is 12.3. The number of piperidine rings is 1. The van der Waals surface area contributed by atoms with Crippen molar-refractivity contribution in [2.45, 2.75) is 32.2 Å². The van der Waals surface area contributed by atoms with E-state index in [1.807, 2.05) is 25.1 Å². The first-order valence-electron chi connectivity index (χ1n) is 6.85. The van der Waals surface area contributed by atoms with Crippen molar-refractivity contribution >= 4 is 11.6 Å². The lowest BCUT2D eigenvalue weighted by Crippen LogP contribution is -2.35. The molecule has 98 valence electrons. The summed E-state index contributed by atoms with van der Waals surface area (Å²) < 4.78 is 5.86. The molecule has 1 aliphatic carbocycles. The highest BCUT2D eigenvalue weighted by atomic mass is 35.5. The third kappa shape index (κ3) is 2.50. The van der Waals surface area contributed by atoms with Gasteiger partial charge in [-0.05, 0) is 55.9 Å². The maximum absolute atomic E-state index is 5.93. The van der Waals surface area contributed by atoms with Gasteiger partial charge in [0.05, 0.1) is 0 Å². The van der Waals surface area contributed by atoms with Crippen molar-refractivity contribution in [1.29, 1.82) is 0 Å². The average molecular weight is 266 g/mol. The quantitative estimate of drug-likeness (QED) is 0.826. The van der Waals surface area contributed by atoms with Crippen LogP contribution in [0.5, 0.6) is 5.75 Å². The van der Waals surface area contributed by atoms with E-state index in [1.54, 1.807) is 0 Å². The number of likely N-dealkylation sites (tertiary alicyclic amines) is 1. The molecule has 0 N–H and O–H groups in total. The van der Waals surface area contributed by atoms with Crippen LogP contribution >= 0.6 is 11.6 Å². The summed E-state index contributed by atoms with van der Waals surface area (Å²) in [6.45, 7) is 5.17. The third-order valence-electron chi connectivity index (χ3n) is 4.30. The third-order valence-corrected chi connectivity index (χ3v) is 4.53. The van der Waals surface area contributed by atoms with E-state index >= 15 is 0 Å². The largest absolute Gasteiger partial charge is 0.492 e. The Bertz CT molecular complexity index is 435. The van der Waals surface area contributed by atoms with Gasteiger partial charge >= 0.3 is 0 Å². The van der Waals surface area contributed by atoms with Gasteiger partial charge < -0.3 is 4.74 Å². The standard InChI is InChI=1S/C15H20ClNO/c1-11-8-13(16)3-5-15(11)18-7-6-17-10-12-2-4-14(17)9-12/h3,5,8,12,14H,2,4,6-7,9-10H2,1H3/t12-,14-/m1/s1. The van der Waals surface area contributed by atoms with Crippen LogP contribution in [-0.2, 0) is 0 Å². The van der Waals surface area contributed by atoms with Gasteiger partial charge in [0.1, 0.15) is 12.4 Å². The van der Waals surface area contributed by atoms with Crippen LogP contribution in [-0.4, -0.2) is 30.6 Å². The minimum absolute atomic E-state index is 0.775. The lowest BCUT2D eigenvalue weighted by atomic mass is 10.1. The number of fused-ring (bicyclic) bond motifs is 2. The van der Waals surface area contributed by atoms with Crippen LogP contribution in [0.2, 0.25) is 5.02 Å². The Kier molecular flexibility index (Phi) is 3.49. The van der Waals surface area contributed by atoms with Crippen molar-refractivity contribution in [2.24, 2.45) is 5.92 Å². The summed E-state index contributed by atoms with van der Waals surface area (Å²) in [4.78, 5) is 2.60. The maximum Gasteiger partial charge on any atom is 0.122 e. The number of hydrogen-bond acceptors (Lipinski definition) is 2. The number of aryl methyl sites for hydroxylation is 1. The average Bonchev–Trinajstić information content (AvgIpc) is 2.94. The molecule has 0 spiro atoms. The number of benzene rings is 1. The summed E-state index contributed by atoms with van der Waals surface area (Å²) in [6, 6.07) is 6.65. The van der Waals surface area contributed by atoms with Crippen molar-refractivity contribution < 1.29 is 4.74 Å². The number of rotatable bonds is 4. The highest BCUT2D eigenvalue weighted by Gasteiger charge is 2.37. The smallest absolute Gasteiger partial charge is 0.122 e. The second kappa shape index (κ2) is 5.10. The molecule has 0 aromatic heterocycles. The zero-order valence-electron chi connectivity index (χ0n) is 10.9. The van der Waals surface area contributed by atoms with Crippen LogP contribution in [0.3, 0.4) is 0 Å². The fraction of sp³-hybridized carbons (Fsp3) is 0.600. The molecular weight excluding hydrogens is 246 g/mol. The Hall–Kier alpha value is -0.730. The highest BCUT2D eigenvalue weighted by molar-refractivity contribution is 6.30. The van der Waals surface area contributed by atoms with Crippen molar-refractivity contribution in [1.82, 2.24) is 4.90 Å². The summed E-state index contributed by atoms with van der Waals surface area (Å²) in [5.41, 5.74) is 1.12. The predicted molar refractivity (Wildman–Crippen MR) is 74.4 cm³/mol. The molecule has 2 bridgehead atoms. The molecule has 1 aromatic carbocycles. The predicted octanol–water partition coefficient (Wildman–Crippen LogP) is 3.51. The first-order chi connectivity index (χ1) is 8.72. The molecule has 0 amide bonds. The summed E-state index contributed by atoms with van der Waals surface area (Å²) in [5, 5.41) is 0.775. The monoisotopic (exact) mass is 265 g/mol. The summed E-state index contributed by atoms with van der Waals surface area (Å²) in [5.74, 6) is 1.93. The van der Waals surface area contributed by atoms with Crippen molar-refractivity contribution in [2.75, 3.05) is 19.7 Å². The van der Waals surface area contributed by atoms with Crippen LogP contribution < -0.4 is 4.74 Å². The molecule has 1 aliphatic heterocycles. The first-order valence-corrected chi connectivity index (χ1v) is 7.23. The molecule has 2 fully saturated rings. The maximum atomic E-state index is 5.93. The Balaban J connectivity index is 1.50. The van der Waals surface area contributed by atoms with E-state index in [0.29, 0.717) is 0 Å². The van der Waals surface area contributed by atoms with E-state index in [-0.39, 0.29) is 0 Å². The van der Waals surface area contributed by atoms with E-state index in [9.17, 15) is 0 Å². The number of ether oxygens (including phenoxy) is 1. The van der Waals surface area contributed by atoms with Crippen molar-refractivity contribution in [3.8, 4) is 5.75 Å². The van der Waals surface area contributed by atoms with Crippen LogP contribution in [0, 0.1) is 12.8 Å². The van der Waals surface area contributed by atoms with Crippen molar-refractivity contribution in [3.63, 3.8) is 0 Å². The second-order valence-electron chi connectivity index (χ2n) is 5.59. The topological polar surface area (TPSA) is 12.5 Å². The summed E-state index contributed by atoms with van der Waals surface area (Å²) >= 11 is 5.93. The van der Waals surface area contributed by atoms with E-state index in [1.165, 1.54) is 25.8 Å². The molecule has 1 aromatic rings. The molecule has 1 saturated carbocycles. The van der Waals surface area contributed by atoms with E-state index in [2.05, 4.69) is 4.90 Å². The zero-order valence-corrected chi connectivity index (χ0v) is 11.6. The van der Waals surface area contributed by atoms with Gasteiger partial charge in [-0.1, -0.05) is 11.6 Å². The molecule has 18 heavy (non-hydrogen) atoms. The second-order valence-corrected chi connectivity index (χ2v) is 6.02. The Labute approximate surface area is 114 Å². The Morgan fingerprint density at radius 2 is 2.28 bits per heavy atom. The minimum atomic E-state index is 0.775. The highest BCUT2D eigenvalue weighted by Crippen LogP contribution is 2.36. The molecule has 0 radical (unpaired) electrons. The molecule has 3 rings (SSSR count). The van der Waals surface area contributed by atoms with Crippen LogP contribution in [0.4, 0.5) is 0 Å². The van der Waals surface area contributed by atoms with E-state index in [4.69, 9.17) is 16.3 Å². The van der Waals surface area contributed by atoms with E-state index in [0.717, 1.165) is 41.4 Å². The van der Waals surface area contributed by atoms with Gasteiger partial charge in [-0.3, -0.25) is 4.90 Å². The van der Waals surface area contributed by atoms with Gasteiger partial charge in [0.2, 0.25) is 0 Å². The van der Waals surface area contributed by atoms with Gasteiger partial charge in [-0.15, -0.1) is 0 Å². The van der Waals surface area contributed by atoms with Gasteiger partial charge in [0, 0.05) is 24.2 Å². The number of nitrogens with zero attached hydrogens (tertiary/aromatic N) is 1. The van der Waals surface area contributed by atoms with Crippen LogP contribution in [0.25, 0.3) is 0 Å². The summed E-state index contributed by atoms with van der Waals surface area (Å²) in [6.07, 6.45) is 4.25. The molecule has 2 nitrogen and oxygen atoms in total. The lowest BCUT2D eigenvalue weighted by Gasteiger charge is -2.26. The van der Waals surface area contributed by atoms with Gasteiger partial charge in [-0.2, -0.15) is 0 Å². The molecule has 0 unspecified atom stereocenters. The van der Waals surface area contributed by atoms with Gasteiger partial charge in [-0.25, -0.2) is 0 Å². The van der Waals surface area contributed by atoms with E-state index < -0.39 is 0 Å². The molecule has 2 atom stereocenters. The Morgan fingerprint density at radius 1 is 1.39 bits per heavy atom. The molecule has 1 heterocycles. The molecule has 1 saturated heterocycles. The van der Waals surface area contributed by atoms with Gasteiger partial charge in [0.15, 0.2) is 0 Å². The minimum Gasteiger partial charge on any atom is -0.492 e. The SMILES string of the molecule is Cc1cc(Cl)ccc1OCCN1C[C@@H]2CC[C@@H]1C2.